The molecule has 1 aromatic rings. The van der Waals surface area contributed by atoms with E-state index in [1.807, 2.05) is 5.32 Å². The molecule has 1 atom stereocenters. The Hall–Kier alpha value is -0.340. The Balaban J connectivity index is 2.70. The van der Waals surface area contributed by atoms with Gasteiger partial charge in [-0.3, -0.25) is 0 Å². The molecule has 0 aromatic carbocycles. The number of thiophene rings is 1. The largest absolute Gasteiger partial charge is 0.309 e. The van der Waals surface area contributed by atoms with Crippen LogP contribution in [0.2, 0.25) is 0 Å². The number of nitrogens with one attached hydrogen (secondary N) is 1. The van der Waals surface area contributed by atoms with E-state index < -0.39 is 37.3 Å². The van der Waals surface area contributed by atoms with Crippen LogP contribution in [0.15, 0.2) is 17.4 Å². The summed E-state index contributed by atoms with van der Waals surface area (Å²) in [5, 5.41) is 1.61. The molecule has 1 aliphatic rings. The van der Waals surface area contributed by atoms with Gasteiger partial charge in [0, 0.05) is 19.1 Å². The zero-order valence-corrected chi connectivity index (χ0v) is 5.72. The highest BCUT2D eigenvalue weighted by Crippen LogP contribution is 2.26. The van der Waals surface area contributed by atoms with E-state index in [1.54, 1.807) is 0 Å². The smallest absolute Gasteiger partial charge is 0.0740 e. The fourth-order valence-electron chi connectivity index (χ4n) is 0.630. The van der Waals surface area contributed by atoms with E-state index in [9.17, 15) is 0 Å². The van der Waals surface area contributed by atoms with E-state index in [4.69, 9.17) is 13.7 Å². The van der Waals surface area contributed by atoms with Crippen molar-refractivity contribution in [2.45, 2.75) is 18.8 Å². The van der Waals surface area contributed by atoms with Crippen LogP contribution in [0.25, 0.3) is 0 Å². The molecule has 0 saturated carbocycles. The lowest BCUT2D eigenvalue weighted by atomic mass is 10.2. The van der Waals surface area contributed by atoms with Crippen LogP contribution in [0.3, 0.4) is 0 Å². The second kappa shape index (κ2) is 2.72. The Bertz CT molecular complexity index is 566. The quantitative estimate of drug-likeness (QED) is 0.669. The first-order valence-electron chi connectivity index (χ1n) is 7.66. The summed E-state index contributed by atoms with van der Waals surface area (Å²) in [6.07, 6.45) is -5.99. The van der Waals surface area contributed by atoms with Gasteiger partial charge in [-0.1, -0.05) is 6.04 Å². The average Bonchev–Trinajstić information content (AvgIpc) is 2.59. The first kappa shape index (κ1) is 1.70. The van der Waals surface area contributed by atoms with Gasteiger partial charge in [0.05, 0.1) is 5.48 Å². The summed E-state index contributed by atoms with van der Waals surface area (Å²) in [7, 11) is 0. The molecular formula is C8H11NS. The van der Waals surface area contributed by atoms with Gasteiger partial charge >= 0.3 is 0 Å². The molecule has 2 heteroatoms. The topological polar surface area (TPSA) is 12.0 Å². The maximum Gasteiger partial charge on any atom is 0.0740 e. The highest BCUT2D eigenvalue weighted by atomic mass is 32.1. The molecule has 1 aromatic heterocycles. The first-order chi connectivity index (χ1) is 8.79. The summed E-state index contributed by atoms with van der Waals surface area (Å²) in [4.78, 5) is -0.372. The number of hydrogen-bond acceptors (Lipinski definition) is 2. The van der Waals surface area contributed by atoms with Crippen LogP contribution in [0.5, 0.6) is 0 Å². The van der Waals surface area contributed by atoms with Crippen LogP contribution in [0, 0.1) is 0 Å². The normalized spacial score (nSPS) is 62.4. The molecule has 10 heavy (non-hydrogen) atoms. The van der Waals surface area contributed by atoms with Gasteiger partial charge in [0.2, 0.25) is 0 Å². The second-order valence-corrected chi connectivity index (χ2v) is 2.47. The van der Waals surface area contributed by atoms with E-state index in [-0.39, 0.29) is 10.2 Å². The third-order valence-electron chi connectivity index (χ3n) is 1.04. The van der Waals surface area contributed by atoms with Gasteiger partial charge in [0.15, 0.2) is 0 Å². The van der Waals surface area contributed by atoms with Crippen LogP contribution in [-0.4, -0.2) is 6.50 Å². The highest BCUT2D eigenvalue weighted by molar-refractivity contribution is 7.10. The maximum absolute atomic E-state index is 8.14. The van der Waals surface area contributed by atoms with Crippen LogP contribution in [0.4, 0.5) is 0 Å². The van der Waals surface area contributed by atoms with Crippen molar-refractivity contribution >= 4 is 11.3 Å². The Kier molecular flexibility index (Phi) is 0.462. The van der Waals surface area contributed by atoms with Gasteiger partial charge in [-0.05, 0) is 30.6 Å². The first-order valence-corrected chi connectivity index (χ1v) is 3.47. The van der Waals surface area contributed by atoms with Crippen molar-refractivity contribution in [3.8, 4) is 0 Å². The van der Waals surface area contributed by atoms with E-state index in [1.165, 1.54) is 0 Å². The zero-order valence-electron chi connectivity index (χ0n) is 14.9. The molecule has 1 saturated heterocycles. The molecule has 0 bridgehead atoms. The van der Waals surface area contributed by atoms with Crippen molar-refractivity contribution < 1.29 is 13.7 Å². The van der Waals surface area contributed by atoms with E-state index >= 15 is 0 Å². The van der Waals surface area contributed by atoms with Crippen LogP contribution in [0.1, 0.15) is 37.3 Å². The van der Waals surface area contributed by atoms with Crippen molar-refractivity contribution in [2.24, 2.45) is 0 Å². The van der Waals surface area contributed by atoms with E-state index in [0.717, 1.165) is 0 Å². The Morgan fingerprint density at radius 2 is 3.00 bits per heavy atom. The van der Waals surface area contributed by atoms with Gasteiger partial charge in [-0.15, -0.1) is 11.3 Å². The third-order valence-corrected chi connectivity index (χ3v) is 1.76. The van der Waals surface area contributed by atoms with Gasteiger partial charge < -0.3 is 5.32 Å². The molecule has 2 rings (SSSR count). The molecule has 54 valence electrons. The molecule has 1 unspecified atom stereocenters. The zero-order chi connectivity index (χ0) is 15.7. The summed E-state index contributed by atoms with van der Waals surface area (Å²) in [5.74, 6) is 0. The van der Waals surface area contributed by atoms with E-state index in [2.05, 4.69) is 0 Å². The lowest BCUT2D eigenvalue weighted by molar-refractivity contribution is 0.660. The highest BCUT2D eigenvalue weighted by Gasteiger charge is 2.15. The predicted octanol–water partition coefficient (Wildman–Crippen LogP) is 2.17. The number of hydrogen-bond donors (Lipinski definition) is 1. The molecule has 2 heterocycles. The molecule has 0 radical (unpaired) electrons. The molecule has 1 nitrogen and oxygen atoms in total. The van der Waals surface area contributed by atoms with Crippen molar-refractivity contribution in [3.05, 3.63) is 22.3 Å². The summed E-state index contributed by atoms with van der Waals surface area (Å²) < 4.78 is 76.7. The van der Waals surface area contributed by atoms with Crippen molar-refractivity contribution in [2.75, 3.05) is 6.50 Å². The Morgan fingerprint density at radius 3 is 3.60 bits per heavy atom. The monoisotopic (exact) mass is 163 g/mol. The maximum atomic E-state index is 8.14. The molecule has 0 amide bonds. The van der Waals surface area contributed by atoms with Crippen LogP contribution >= 0.6 is 11.3 Å². The summed E-state index contributed by atoms with van der Waals surface area (Å²) in [6, 6.07) is -3.61. The molecule has 0 aliphatic carbocycles. The standard InChI is InChI=1S/C8H11NS/c1-3-7(9-5-1)8-4-2-6-10-8/h2,4,6-7,9H,1,3,5H2/i1D2,2D,3D2,4D,5D2,6D,7D. The van der Waals surface area contributed by atoms with Gasteiger partial charge in [-0.2, -0.15) is 0 Å². The number of rotatable bonds is 1. The van der Waals surface area contributed by atoms with Crippen molar-refractivity contribution in [1.29, 1.82) is 0 Å². The summed E-state index contributed by atoms with van der Waals surface area (Å²) in [6.45, 7) is -2.82. The Labute approximate surface area is 79.1 Å². The average molecular weight is 163 g/mol. The summed E-state index contributed by atoms with van der Waals surface area (Å²) in [5.41, 5.74) is 0. The predicted molar refractivity (Wildman–Crippen MR) is 44.3 cm³/mol. The fraction of sp³-hybridized carbons (Fsp3) is 0.500. The third kappa shape index (κ3) is 1.09. The molecule has 1 N–H and O–H groups in total. The van der Waals surface area contributed by atoms with Gasteiger partial charge in [0.1, 0.15) is 0 Å². The van der Waals surface area contributed by atoms with Gasteiger partial charge in [0.25, 0.3) is 0 Å². The Morgan fingerprint density at radius 1 is 2.00 bits per heavy atom. The molecule has 0 spiro atoms. The van der Waals surface area contributed by atoms with Crippen molar-refractivity contribution in [3.63, 3.8) is 0 Å². The minimum atomic E-state index is -3.01. The molecular weight excluding hydrogens is 142 g/mol. The van der Waals surface area contributed by atoms with E-state index in [0.29, 0.717) is 11.3 Å². The minimum Gasteiger partial charge on any atom is -0.309 e. The molecule has 1 aliphatic heterocycles. The minimum absolute atomic E-state index is 0.345. The van der Waals surface area contributed by atoms with Crippen LogP contribution in [-0.2, 0) is 0 Å². The van der Waals surface area contributed by atoms with Gasteiger partial charge in [-0.25, -0.2) is 0 Å². The molecule has 1 fully saturated rings. The lowest BCUT2D eigenvalue weighted by Crippen LogP contribution is -2.11. The summed E-state index contributed by atoms with van der Waals surface area (Å²) >= 11 is 0.509. The second-order valence-electron chi connectivity index (χ2n) is 1.66. The van der Waals surface area contributed by atoms with Crippen molar-refractivity contribution in [1.82, 2.24) is 5.32 Å². The SMILES string of the molecule is [2H]c1sc(C2([2H])NC([2H])([2H])C([2H])([2H])C2([2H])[2H])c([2H])c1[2H]. The van der Waals surface area contributed by atoms with Crippen LogP contribution < -0.4 is 5.32 Å². The lowest BCUT2D eigenvalue weighted by Gasteiger charge is -2.04. The fourth-order valence-corrected chi connectivity index (χ4v) is 1.14.